The molecule has 100 valence electrons. The second-order valence-corrected chi connectivity index (χ2v) is 6.00. The van der Waals surface area contributed by atoms with E-state index in [4.69, 9.17) is 4.74 Å². The van der Waals surface area contributed by atoms with E-state index in [0.717, 1.165) is 9.80 Å². The predicted octanol–water partition coefficient (Wildman–Crippen LogP) is 5.41. The van der Waals surface area contributed by atoms with Crippen LogP contribution in [0.4, 0.5) is 0 Å². The van der Waals surface area contributed by atoms with Gasteiger partial charge in [-0.2, -0.15) is 0 Å². The zero-order chi connectivity index (χ0) is 13.7. The zero-order valence-corrected chi connectivity index (χ0v) is 13.9. The molecule has 0 fully saturated rings. The molecule has 2 aromatic carbocycles. The van der Waals surface area contributed by atoms with Gasteiger partial charge in [-0.3, -0.25) is 0 Å². The molecule has 0 bridgehead atoms. The van der Waals surface area contributed by atoms with Gasteiger partial charge in [-0.15, -0.1) is 0 Å². The second-order valence-electron chi connectivity index (χ2n) is 4.44. The molecule has 0 aliphatic carbocycles. The summed E-state index contributed by atoms with van der Waals surface area (Å²) in [5.41, 5.74) is 3.68. The molecule has 0 aliphatic rings. The maximum absolute atomic E-state index is 6.03. The molecule has 1 nitrogen and oxygen atoms in total. The minimum atomic E-state index is 0.0835. The van der Waals surface area contributed by atoms with E-state index < -0.39 is 0 Å². The van der Waals surface area contributed by atoms with Crippen molar-refractivity contribution in [3.63, 3.8) is 0 Å². The number of alkyl halides is 1. The number of benzene rings is 2. The molecule has 0 heterocycles. The monoisotopic (exact) mass is 382 g/mol. The molecule has 2 rings (SSSR count). The summed E-state index contributed by atoms with van der Waals surface area (Å²) in [4.78, 5) is 0. The predicted molar refractivity (Wildman–Crippen MR) is 86.6 cm³/mol. The summed E-state index contributed by atoms with van der Waals surface area (Å²) in [6.45, 7) is 2.73. The van der Waals surface area contributed by atoms with E-state index in [0.29, 0.717) is 6.61 Å². The number of rotatable bonds is 5. The average molecular weight is 384 g/mol. The minimum absolute atomic E-state index is 0.0835. The molecule has 0 amide bonds. The van der Waals surface area contributed by atoms with Crippen molar-refractivity contribution in [1.82, 2.24) is 0 Å². The number of halogens is 2. The van der Waals surface area contributed by atoms with Crippen molar-refractivity contribution < 1.29 is 4.74 Å². The summed E-state index contributed by atoms with van der Waals surface area (Å²) < 4.78 is 7.11. The van der Waals surface area contributed by atoms with Crippen molar-refractivity contribution in [2.24, 2.45) is 0 Å². The first kappa shape index (κ1) is 14.8. The van der Waals surface area contributed by atoms with Gasteiger partial charge in [0.2, 0.25) is 0 Å². The molecule has 1 unspecified atom stereocenters. The fourth-order valence-electron chi connectivity index (χ4n) is 1.99. The van der Waals surface area contributed by atoms with E-state index in [-0.39, 0.29) is 6.10 Å². The summed E-state index contributed by atoms with van der Waals surface area (Å²) in [7, 11) is 0. The summed E-state index contributed by atoms with van der Waals surface area (Å²) in [5, 5.41) is 0.797. The third-order valence-corrected chi connectivity index (χ3v) is 4.10. The Morgan fingerprint density at radius 3 is 2.58 bits per heavy atom. The van der Waals surface area contributed by atoms with Gasteiger partial charge in [0.25, 0.3) is 0 Å². The van der Waals surface area contributed by atoms with Crippen molar-refractivity contribution in [2.75, 3.05) is 5.33 Å². The highest BCUT2D eigenvalue weighted by atomic mass is 79.9. The smallest absolute Gasteiger partial charge is 0.0928 e. The van der Waals surface area contributed by atoms with E-state index in [1.165, 1.54) is 16.7 Å². The van der Waals surface area contributed by atoms with E-state index >= 15 is 0 Å². The third kappa shape index (κ3) is 4.16. The Balaban J connectivity index is 2.06. The van der Waals surface area contributed by atoms with Crippen LogP contribution in [0.1, 0.15) is 22.8 Å². The molecule has 0 aliphatic heterocycles. The SMILES string of the molecule is Cc1ccccc1C(CBr)OCc1cccc(Br)c1. The lowest BCUT2D eigenvalue weighted by atomic mass is 10.0. The fraction of sp³-hybridized carbons (Fsp3) is 0.250. The van der Waals surface area contributed by atoms with Crippen molar-refractivity contribution in [2.45, 2.75) is 19.6 Å². The number of hydrogen-bond acceptors (Lipinski definition) is 1. The van der Waals surface area contributed by atoms with Crippen LogP contribution in [0.15, 0.2) is 53.0 Å². The van der Waals surface area contributed by atoms with Crippen LogP contribution in [0.2, 0.25) is 0 Å². The van der Waals surface area contributed by atoms with E-state index in [2.05, 4.69) is 75.2 Å². The Bertz CT molecular complexity index is 540. The molecule has 0 N–H and O–H groups in total. The summed E-state index contributed by atoms with van der Waals surface area (Å²) in [6, 6.07) is 16.6. The van der Waals surface area contributed by atoms with Crippen molar-refractivity contribution in [1.29, 1.82) is 0 Å². The number of aryl methyl sites for hydroxylation is 1. The maximum atomic E-state index is 6.03. The first-order valence-corrected chi connectivity index (χ1v) is 8.09. The van der Waals surface area contributed by atoms with Crippen LogP contribution in [0.3, 0.4) is 0 Å². The summed E-state index contributed by atoms with van der Waals surface area (Å²) in [5.74, 6) is 0. The van der Waals surface area contributed by atoms with Crippen LogP contribution in [-0.2, 0) is 11.3 Å². The van der Waals surface area contributed by atoms with Crippen LogP contribution >= 0.6 is 31.9 Å². The first-order chi connectivity index (χ1) is 9.20. The van der Waals surface area contributed by atoms with Crippen LogP contribution < -0.4 is 0 Å². The Labute approximate surface area is 131 Å². The minimum Gasteiger partial charge on any atom is -0.368 e. The highest BCUT2D eigenvalue weighted by molar-refractivity contribution is 9.10. The zero-order valence-electron chi connectivity index (χ0n) is 10.8. The Morgan fingerprint density at radius 1 is 1.11 bits per heavy atom. The molecule has 2 aromatic rings. The van der Waals surface area contributed by atoms with Crippen LogP contribution in [0, 0.1) is 6.92 Å². The highest BCUT2D eigenvalue weighted by Gasteiger charge is 2.12. The van der Waals surface area contributed by atoms with Gasteiger partial charge >= 0.3 is 0 Å². The van der Waals surface area contributed by atoms with Gasteiger partial charge in [-0.25, -0.2) is 0 Å². The largest absolute Gasteiger partial charge is 0.368 e. The van der Waals surface area contributed by atoms with Crippen LogP contribution in [0.5, 0.6) is 0 Å². The quantitative estimate of drug-likeness (QED) is 0.627. The van der Waals surface area contributed by atoms with Gasteiger partial charge < -0.3 is 4.74 Å². The van der Waals surface area contributed by atoms with Gasteiger partial charge in [-0.05, 0) is 35.7 Å². The maximum Gasteiger partial charge on any atom is 0.0928 e. The number of hydrogen-bond donors (Lipinski definition) is 0. The molecule has 3 heteroatoms. The van der Waals surface area contributed by atoms with Crippen molar-refractivity contribution >= 4 is 31.9 Å². The molecule has 0 aromatic heterocycles. The Hall–Kier alpha value is -0.640. The molecule has 19 heavy (non-hydrogen) atoms. The lowest BCUT2D eigenvalue weighted by molar-refractivity contribution is 0.0562. The number of ether oxygens (including phenoxy) is 1. The Morgan fingerprint density at radius 2 is 1.89 bits per heavy atom. The highest BCUT2D eigenvalue weighted by Crippen LogP contribution is 2.24. The lowest BCUT2D eigenvalue weighted by Gasteiger charge is -2.18. The Kier molecular flexibility index (Phi) is 5.61. The average Bonchev–Trinajstić information content (AvgIpc) is 2.41. The summed E-state index contributed by atoms with van der Waals surface area (Å²) in [6.07, 6.45) is 0.0835. The summed E-state index contributed by atoms with van der Waals surface area (Å²) >= 11 is 7.02. The molecule has 0 radical (unpaired) electrons. The van der Waals surface area contributed by atoms with Crippen molar-refractivity contribution in [3.05, 3.63) is 69.7 Å². The van der Waals surface area contributed by atoms with Gasteiger partial charge in [0, 0.05) is 9.80 Å². The van der Waals surface area contributed by atoms with Gasteiger partial charge in [0.05, 0.1) is 12.7 Å². The second kappa shape index (κ2) is 7.22. The van der Waals surface area contributed by atoms with Gasteiger partial charge in [0.15, 0.2) is 0 Å². The fourth-order valence-corrected chi connectivity index (χ4v) is 2.97. The molecular formula is C16H16Br2O. The van der Waals surface area contributed by atoms with Crippen LogP contribution in [0.25, 0.3) is 0 Å². The van der Waals surface area contributed by atoms with E-state index in [1.54, 1.807) is 0 Å². The molecule has 0 saturated carbocycles. The molecule has 0 spiro atoms. The van der Waals surface area contributed by atoms with Crippen LogP contribution in [-0.4, -0.2) is 5.33 Å². The molecule has 1 atom stereocenters. The molecular weight excluding hydrogens is 368 g/mol. The normalized spacial score (nSPS) is 12.4. The van der Waals surface area contributed by atoms with Crippen molar-refractivity contribution in [3.8, 4) is 0 Å². The topological polar surface area (TPSA) is 9.23 Å². The standard InChI is InChI=1S/C16H16Br2O/c1-12-5-2-3-8-15(12)16(10-17)19-11-13-6-4-7-14(18)9-13/h2-9,16H,10-11H2,1H3. The van der Waals surface area contributed by atoms with E-state index in [1.807, 2.05) is 12.1 Å². The third-order valence-electron chi connectivity index (χ3n) is 3.02. The lowest BCUT2D eigenvalue weighted by Crippen LogP contribution is -2.07. The molecule has 0 saturated heterocycles. The van der Waals surface area contributed by atoms with Gasteiger partial charge in [-0.1, -0.05) is 68.3 Å². The van der Waals surface area contributed by atoms with E-state index in [9.17, 15) is 0 Å². The van der Waals surface area contributed by atoms with Gasteiger partial charge in [0.1, 0.15) is 0 Å². The first-order valence-electron chi connectivity index (χ1n) is 6.18.